The lowest BCUT2D eigenvalue weighted by molar-refractivity contribution is -0.308. The Morgan fingerprint density at radius 2 is 1.68 bits per heavy atom. The van der Waals surface area contributed by atoms with Gasteiger partial charge in [0.2, 0.25) is 0 Å². The zero-order chi connectivity index (χ0) is 17.8. The molecule has 2 aromatic carbocycles. The zero-order valence-electron chi connectivity index (χ0n) is 13.1. The first-order valence-corrected chi connectivity index (χ1v) is 7.59. The summed E-state index contributed by atoms with van der Waals surface area (Å²) in [6.07, 6.45) is 0.0796. The van der Waals surface area contributed by atoms with Gasteiger partial charge in [-0.25, -0.2) is 5.10 Å². The molecule has 0 bridgehead atoms. The highest BCUT2D eigenvalue weighted by molar-refractivity contribution is 6.05. The SMILES string of the molecule is O=C(N[C@@H](Cc1ccccc1)C(=O)[O-])c1n[nH]c(=O)c2ccccc12. The zero-order valence-corrected chi connectivity index (χ0v) is 13.1. The number of nitrogens with zero attached hydrogens (tertiary/aromatic N) is 1. The maximum Gasteiger partial charge on any atom is 0.272 e. The number of aliphatic carboxylic acids is 1. The van der Waals surface area contributed by atoms with Crippen molar-refractivity contribution in [2.24, 2.45) is 0 Å². The number of aromatic amines is 1. The number of benzene rings is 2. The van der Waals surface area contributed by atoms with Crippen LogP contribution in [0.25, 0.3) is 10.8 Å². The Bertz CT molecular complexity index is 982. The lowest BCUT2D eigenvalue weighted by Crippen LogP contribution is -2.49. The molecule has 1 heterocycles. The minimum Gasteiger partial charge on any atom is -0.548 e. The Morgan fingerprint density at radius 3 is 2.36 bits per heavy atom. The molecule has 1 atom stereocenters. The molecule has 3 rings (SSSR count). The first-order valence-electron chi connectivity index (χ1n) is 7.59. The summed E-state index contributed by atoms with van der Waals surface area (Å²) in [4.78, 5) is 35.6. The van der Waals surface area contributed by atoms with E-state index in [9.17, 15) is 19.5 Å². The predicted octanol–water partition coefficient (Wildman–Crippen LogP) is 0.0141. The topological polar surface area (TPSA) is 115 Å². The third-order valence-electron chi connectivity index (χ3n) is 3.78. The van der Waals surface area contributed by atoms with Crippen molar-refractivity contribution < 1.29 is 14.7 Å². The summed E-state index contributed by atoms with van der Waals surface area (Å²) in [6.45, 7) is 0. The number of fused-ring (bicyclic) bond motifs is 1. The van der Waals surface area contributed by atoms with Crippen molar-refractivity contribution in [3.63, 3.8) is 0 Å². The Morgan fingerprint density at radius 1 is 1.04 bits per heavy atom. The molecule has 7 nitrogen and oxygen atoms in total. The van der Waals surface area contributed by atoms with Crippen LogP contribution in [0.15, 0.2) is 59.4 Å². The minimum absolute atomic E-state index is 0.0467. The molecule has 0 aliphatic carbocycles. The van der Waals surface area contributed by atoms with E-state index in [1.807, 2.05) is 6.07 Å². The van der Waals surface area contributed by atoms with Crippen LogP contribution in [0.1, 0.15) is 16.1 Å². The number of amides is 1. The molecule has 0 radical (unpaired) electrons. The van der Waals surface area contributed by atoms with Gasteiger partial charge in [-0.1, -0.05) is 48.5 Å². The van der Waals surface area contributed by atoms with Crippen LogP contribution in [0, 0.1) is 0 Å². The molecule has 1 amide bonds. The fourth-order valence-electron chi connectivity index (χ4n) is 2.56. The van der Waals surface area contributed by atoms with Crippen LogP contribution in [-0.2, 0) is 11.2 Å². The molecule has 0 fully saturated rings. The van der Waals surface area contributed by atoms with E-state index < -0.39 is 23.5 Å². The average Bonchev–Trinajstić information content (AvgIpc) is 2.62. The van der Waals surface area contributed by atoms with Crippen molar-refractivity contribution in [3.05, 3.63) is 76.2 Å². The fourth-order valence-corrected chi connectivity index (χ4v) is 2.56. The van der Waals surface area contributed by atoms with Gasteiger partial charge in [-0.3, -0.25) is 9.59 Å². The summed E-state index contributed by atoms with van der Waals surface area (Å²) in [5.41, 5.74) is 0.277. The van der Waals surface area contributed by atoms with Gasteiger partial charge in [-0.05, 0) is 18.1 Å². The second-order valence-corrected chi connectivity index (χ2v) is 5.48. The number of hydrogen-bond acceptors (Lipinski definition) is 5. The van der Waals surface area contributed by atoms with E-state index >= 15 is 0 Å². The van der Waals surface area contributed by atoms with Crippen LogP contribution in [0.2, 0.25) is 0 Å². The van der Waals surface area contributed by atoms with Crippen LogP contribution < -0.4 is 16.0 Å². The molecule has 0 saturated heterocycles. The number of rotatable bonds is 5. The van der Waals surface area contributed by atoms with E-state index in [-0.39, 0.29) is 12.1 Å². The normalized spacial score (nSPS) is 11.8. The van der Waals surface area contributed by atoms with Crippen molar-refractivity contribution in [1.82, 2.24) is 15.5 Å². The van der Waals surface area contributed by atoms with Crippen molar-refractivity contribution in [1.29, 1.82) is 0 Å². The quantitative estimate of drug-likeness (QED) is 0.681. The van der Waals surface area contributed by atoms with E-state index in [1.54, 1.807) is 48.5 Å². The summed E-state index contributed by atoms with van der Waals surface area (Å²) >= 11 is 0. The van der Waals surface area contributed by atoms with Gasteiger partial charge in [-0.2, -0.15) is 5.10 Å². The van der Waals surface area contributed by atoms with Gasteiger partial charge < -0.3 is 15.2 Å². The van der Waals surface area contributed by atoms with Gasteiger partial charge in [0, 0.05) is 5.39 Å². The summed E-state index contributed by atoms with van der Waals surface area (Å²) < 4.78 is 0. The van der Waals surface area contributed by atoms with Gasteiger partial charge in [0.1, 0.15) is 0 Å². The molecule has 2 N–H and O–H groups in total. The Kier molecular flexibility index (Phi) is 4.56. The second-order valence-electron chi connectivity index (χ2n) is 5.48. The average molecular weight is 336 g/mol. The number of carbonyl (C=O) groups is 2. The van der Waals surface area contributed by atoms with Crippen molar-refractivity contribution >= 4 is 22.6 Å². The monoisotopic (exact) mass is 336 g/mol. The highest BCUT2D eigenvalue weighted by Crippen LogP contribution is 2.12. The van der Waals surface area contributed by atoms with Gasteiger partial charge >= 0.3 is 0 Å². The molecule has 0 unspecified atom stereocenters. The highest BCUT2D eigenvalue weighted by atomic mass is 16.4. The number of carbonyl (C=O) groups excluding carboxylic acids is 2. The molecule has 25 heavy (non-hydrogen) atoms. The molecule has 0 aliphatic heterocycles. The number of nitrogens with one attached hydrogen (secondary N) is 2. The summed E-state index contributed by atoms with van der Waals surface area (Å²) in [5, 5.41) is 20.5. The number of aromatic nitrogens is 2. The molecule has 7 heteroatoms. The molecule has 1 aromatic heterocycles. The number of carboxylic acid groups (broad SMARTS) is 1. The second kappa shape index (κ2) is 6.96. The minimum atomic E-state index is -1.40. The van der Waals surface area contributed by atoms with E-state index in [0.29, 0.717) is 10.8 Å². The van der Waals surface area contributed by atoms with E-state index in [2.05, 4.69) is 15.5 Å². The van der Waals surface area contributed by atoms with Crippen LogP contribution in [-0.4, -0.2) is 28.1 Å². The van der Waals surface area contributed by atoms with Crippen LogP contribution in [0.4, 0.5) is 0 Å². The lowest BCUT2D eigenvalue weighted by atomic mass is 10.1. The fraction of sp³-hybridized carbons (Fsp3) is 0.111. The van der Waals surface area contributed by atoms with Gasteiger partial charge in [0.15, 0.2) is 5.69 Å². The highest BCUT2D eigenvalue weighted by Gasteiger charge is 2.19. The first kappa shape index (κ1) is 16.4. The van der Waals surface area contributed by atoms with Crippen molar-refractivity contribution in [2.45, 2.75) is 12.5 Å². The van der Waals surface area contributed by atoms with E-state index in [1.165, 1.54) is 0 Å². The predicted molar refractivity (Wildman–Crippen MR) is 88.8 cm³/mol. The number of H-pyrrole nitrogens is 1. The summed E-state index contributed by atoms with van der Waals surface area (Å²) in [7, 11) is 0. The first-order chi connectivity index (χ1) is 12.1. The molecular weight excluding hydrogens is 322 g/mol. The standard InChI is InChI=1S/C18H15N3O4/c22-16-13-9-5-4-8-12(13)15(20-21-16)17(23)19-14(18(24)25)10-11-6-2-1-3-7-11/h1-9,14H,10H2,(H,19,23)(H,21,22)(H,24,25)/p-1/t14-/m0/s1. The largest absolute Gasteiger partial charge is 0.548 e. The lowest BCUT2D eigenvalue weighted by Gasteiger charge is -2.19. The third-order valence-corrected chi connectivity index (χ3v) is 3.78. The van der Waals surface area contributed by atoms with Crippen LogP contribution in [0.5, 0.6) is 0 Å². The van der Waals surface area contributed by atoms with Crippen molar-refractivity contribution in [2.75, 3.05) is 0 Å². The number of hydrogen-bond donors (Lipinski definition) is 2. The van der Waals surface area contributed by atoms with Crippen molar-refractivity contribution in [3.8, 4) is 0 Å². The van der Waals surface area contributed by atoms with Crippen LogP contribution in [0.3, 0.4) is 0 Å². The van der Waals surface area contributed by atoms with E-state index in [0.717, 1.165) is 5.56 Å². The van der Waals surface area contributed by atoms with Gasteiger partial charge in [0.05, 0.1) is 17.4 Å². The maximum atomic E-state index is 12.5. The molecule has 3 aromatic rings. The van der Waals surface area contributed by atoms with Gasteiger partial charge in [-0.15, -0.1) is 0 Å². The van der Waals surface area contributed by atoms with Gasteiger partial charge in [0.25, 0.3) is 11.5 Å². The Balaban J connectivity index is 1.89. The van der Waals surface area contributed by atoms with E-state index in [4.69, 9.17) is 0 Å². The summed E-state index contributed by atoms with van der Waals surface area (Å²) in [5.74, 6) is -2.09. The molecular formula is C18H14N3O4-. The Labute approximate surface area is 142 Å². The molecule has 126 valence electrons. The molecule has 0 saturated carbocycles. The third kappa shape index (κ3) is 3.55. The maximum absolute atomic E-state index is 12.5. The molecule has 0 spiro atoms. The number of carboxylic acids is 1. The Hall–Kier alpha value is -3.48. The summed E-state index contributed by atoms with van der Waals surface area (Å²) in [6, 6.07) is 14.1. The smallest absolute Gasteiger partial charge is 0.272 e. The van der Waals surface area contributed by atoms with Crippen LogP contribution >= 0.6 is 0 Å². The molecule has 0 aliphatic rings.